The van der Waals surface area contributed by atoms with Gasteiger partial charge in [0.05, 0.1) is 5.04 Å². The van der Waals surface area contributed by atoms with Crippen LogP contribution in [0.1, 0.15) is 18.9 Å². The highest BCUT2D eigenvalue weighted by molar-refractivity contribution is 8.13. The molecule has 0 saturated heterocycles. The van der Waals surface area contributed by atoms with Gasteiger partial charge in [-0.15, -0.1) is 0 Å². The van der Waals surface area contributed by atoms with Crippen molar-refractivity contribution in [2.75, 3.05) is 0 Å². The van der Waals surface area contributed by atoms with E-state index in [9.17, 15) is 0 Å². The van der Waals surface area contributed by atoms with E-state index in [2.05, 4.69) is 31.2 Å². The van der Waals surface area contributed by atoms with Crippen LogP contribution in [0, 0.1) is 12.3 Å². The zero-order valence-electron chi connectivity index (χ0n) is 7.42. The molecule has 12 heavy (non-hydrogen) atoms. The molecule has 1 N–H and O–H groups in total. The first-order chi connectivity index (χ1) is 5.72. The fourth-order valence-corrected chi connectivity index (χ4v) is 1.52. The fourth-order valence-electron chi connectivity index (χ4n) is 0.821. The third kappa shape index (κ3) is 2.70. The molecule has 0 radical (unpaired) electrons. The van der Waals surface area contributed by atoms with Gasteiger partial charge in [-0.05, 0) is 25.5 Å². The van der Waals surface area contributed by atoms with Crippen molar-refractivity contribution in [1.82, 2.24) is 0 Å². The van der Waals surface area contributed by atoms with Gasteiger partial charge in [0.1, 0.15) is 0 Å². The molecule has 2 heteroatoms. The van der Waals surface area contributed by atoms with E-state index in [0.717, 1.165) is 16.4 Å². The molecule has 64 valence electrons. The van der Waals surface area contributed by atoms with E-state index in [4.69, 9.17) is 5.41 Å². The topological polar surface area (TPSA) is 23.9 Å². The molecule has 0 heterocycles. The van der Waals surface area contributed by atoms with E-state index in [1.165, 1.54) is 17.3 Å². The second kappa shape index (κ2) is 4.31. The minimum atomic E-state index is 0.721. The number of rotatable bonds is 2. The zero-order chi connectivity index (χ0) is 8.97. The summed E-state index contributed by atoms with van der Waals surface area (Å²) in [4.78, 5) is 1.16. The number of hydrogen-bond donors (Lipinski definition) is 1. The molecule has 0 amide bonds. The van der Waals surface area contributed by atoms with Gasteiger partial charge in [-0.1, -0.05) is 36.4 Å². The van der Waals surface area contributed by atoms with Crippen LogP contribution in [0.3, 0.4) is 0 Å². The largest absolute Gasteiger partial charge is 0.298 e. The van der Waals surface area contributed by atoms with Gasteiger partial charge in [0.2, 0.25) is 0 Å². The van der Waals surface area contributed by atoms with Gasteiger partial charge < -0.3 is 0 Å². The lowest BCUT2D eigenvalue weighted by Crippen LogP contribution is -1.85. The van der Waals surface area contributed by atoms with Crippen LogP contribution < -0.4 is 0 Å². The number of benzene rings is 1. The SMILES string of the molecule is CCC(=N)Sc1ccc(C)cc1. The molecular formula is C10H13NS. The number of hydrogen-bond acceptors (Lipinski definition) is 2. The molecule has 0 aliphatic carbocycles. The molecule has 0 fully saturated rings. The van der Waals surface area contributed by atoms with Crippen molar-refractivity contribution < 1.29 is 0 Å². The third-order valence-corrected chi connectivity index (χ3v) is 2.63. The van der Waals surface area contributed by atoms with Crippen LogP contribution in [0.15, 0.2) is 29.2 Å². The van der Waals surface area contributed by atoms with Gasteiger partial charge in [0.25, 0.3) is 0 Å². The summed E-state index contributed by atoms with van der Waals surface area (Å²) >= 11 is 1.54. The highest BCUT2D eigenvalue weighted by Gasteiger charge is 1.96. The van der Waals surface area contributed by atoms with Crippen LogP contribution in [-0.4, -0.2) is 5.04 Å². The Balaban J connectivity index is 2.64. The Labute approximate surface area is 77.7 Å². The monoisotopic (exact) mass is 179 g/mol. The second-order valence-electron chi connectivity index (χ2n) is 2.69. The molecule has 0 bridgehead atoms. The van der Waals surface area contributed by atoms with Gasteiger partial charge in [0.15, 0.2) is 0 Å². The summed E-state index contributed by atoms with van der Waals surface area (Å²) in [5, 5.41) is 8.21. The number of thioether (sulfide) groups is 1. The lowest BCUT2D eigenvalue weighted by Gasteiger charge is -2.00. The van der Waals surface area contributed by atoms with Crippen LogP contribution >= 0.6 is 11.8 Å². The molecule has 1 aromatic carbocycles. The van der Waals surface area contributed by atoms with Crippen molar-refractivity contribution in [3.8, 4) is 0 Å². The normalized spacial score (nSPS) is 9.83. The first kappa shape index (κ1) is 9.33. The van der Waals surface area contributed by atoms with Crippen LogP contribution in [-0.2, 0) is 0 Å². The molecule has 1 nitrogen and oxygen atoms in total. The van der Waals surface area contributed by atoms with Crippen LogP contribution in [0.2, 0.25) is 0 Å². The van der Waals surface area contributed by atoms with E-state index in [-0.39, 0.29) is 0 Å². The van der Waals surface area contributed by atoms with Gasteiger partial charge in [-0.25, -0.2) is 0 Å². The minimum absolute atomic E-state index is 0.721. The first-order valence-electron chi connectivity index (χ1n) is 4.04. The van der Waals surface area contributed by atoms with Crippen molar-refractivity contribution in [3.63, 3.8) is 0 Å². The molecule has 1 aromatic rings. The van der Waals surface area contributed by atoms with Crippen LogP contribution in [0.5, 0.6) is 0 Å². The van der Waals surface area contributed by atoms with E-state index in [0.29, 0.717) is 0 Å². The van der Waals surface area contributed by atoms with E-state index in [1.54, 1.807) is 0 Å². The molecule has 0 saturated carbocycles. The Hall–Kier alpha value is -0.760. The molecular weight excluding hydrogens is 166 g/mol. The average molecular weight is 179 g/mol. The Bertz CT molecular complexity index is 264. The van der Waals surface area contributed by atoms with Gasteiger partial charge in [-0.3, -0.25) is 5.41 Å². The fraction of sp³-hybridized carbons (Fsp3) is 0.300. The lowest BCUT2D eigenvalue weighted by atomic mass is 10.2. The quantitative estimate of drug-likeness (QED) is 0.419. The summed E-state index contributed by atoms with van der Waals surface area (Å²) < 4.78 is 0. The van der Waals surface area contributed by atoms with Crippen LogP contribution in [0.25, 0.3) is 0 Å². The van der Waals surface area contributed by atoms with Gasteiger partial charge in [-0.2, -0.15) is 0 Å². The number of aryl methyl sites for hydroxylation is 1. The first-order valence-corrected chi connectivity index (χ1v) is 4.86. The molecule has 0 aromatic heterocycles. The average Bonchev–Trinajstić information content (AvgIpc) is 2.09. The van der Waals surface area contributed by atoms with Crippen molar-refractivity contribution in [2.24, 2.45) is 0 Å². The molecule has 0 atom stereocenters. The van der Waals surface area contributed by atoms with Gasteiger partial charge >= 0.3 is 0 Å². The summed E-state index contributed by atoms with van der Waals surface area (Å²) in [7, 11) is 0. The highest BCUT2D eigenvalue weighted by atomic mass is 32.2. The summed E-state index contributed by atoms with van der Waals surface area (Å²) in [6.45, 7) is 4.07. The maximum absolute atomic E-state index is 7.49. The van der Waals surface area contributed by atoms with E-state index in [1.807, 2.05) is 6.92 Å². The smallest absolute Gasteiger partial charge is 0.0686 e. The van der Waals surface area contributed by atoms with E-state index < -0.39 is 0 Å². The standard InChI is InChI=1S/C10H13NS/c1-3-10(11)12-9-6-4-8(2)5-7-9/h4-7,11H,3H2,1-2H3. The zero-order valence-corrected chi connectivity index (χ0v) is 8.24. The van der Waals surface area contributed by atoms with Crippen molar-refractivity contribution in [3.05, 3.63) is 29.8 Å². The molecule has 1 rings (SSSR count). The van der Waals surface area contributed by atoms with Gasteiger partial charge in [0, 0.05) is 4.90 Å². The lowest BCUT2D eigenvalue weighted by molar-refractivity contribution is 1.28. The maximum atomic E-state index is 7.49. The highest BCUT2D eigenvalue weighted by Crippen LogP contribution is 2.20. The summed E-state index contributed by atoms with van der Waals surface area (Å²) in [5.74, 6) is 0. The maximum Gasteiger partial charge on any atom is 0.0686 e. The van der Waals surface area contributed by atoms with Crippen molar-refractivity contribution in [1.29, 1.82) is 5.41 Å². The van der Waals surface area contributed by atoms with Crippen molar-refractivity contribution in [2.45, 2.75) is 25.2 Å². The minimum Gasteiger partial charge on any atom is -0.298 e. The second-order valence-corrected chi connectivity index (χ2v) is 3.86. The number of nitrogens with one attached hydrogen (secondary N) is 1. The predicted octanol–water partition coefficient (Wildman–Crippen LogP) is 3.47. The third-order valence-electron chi connectivity index (χ3n) is 1.58. The Kier molecular flexibility index (Phi) is 3.35. The molecule has 0 aliphatic rings. The molecule has 0 spiro atoms. The summed E-state index contributed by atoms with van der Waals surface area (Å²) in [6, 6.07) is 8.27. The summed E-state index contributed by atoms with van der Waals surface area (Å²) in [5.41, 5.74) is 1.27. The summed E-state index contributed by atoms with van der Waals surface area (Å²) in [6.07, 6.45) is 0.818. The Morgan fingerprint density at radius 2 is 1.92 bits per heavy atom. The molecule has 0 aliphatic heterocycles. The Morgan fingerprint density at radius 3 is 2.42 bits per heavy atom. The van der Waals surface area contributed by atoms with E-state index >= 15 is 0 Å². The van der Waals surface area contributed by atoms with Crippen LogP contribution in [0.4, 0.5) is 0 Å². The molecule has 0 unspecified atom stereocenters. The van der Waals surface area contributed by atoms with Crippen molar-refractivity contribution >= 4 is 16.8 Å². The predicted molar refractivity (Wildman–Crippen MR) is 55.1 cm³/mol. The Morgan fingerprint density at radius 1 is 1.33 bits per heavy atom.